The van der Waals surface area contributed by atoms with Crippen LogP contribution < -0.4 is 10.1 Å². The maximum absolute atomic E-state index is 14.9. The molecule has 9 heteroatoms. The van der Waals surface area contributed by atoms with Gasteiger partial charge in [-0.05, 0) is 58.2 Å². The Morgan fingerprint density at radius 2 is 2.00 bits per heavy atom. The molecule has 0 saturated carbocycles. The molecule has 1 aromatic carbocycles. The van der Waals surface area contributed by atoms with Gasteiger partial charge in [-0.3, -0.25) is 4.79 Å². The molecule has 2 heterocycles. The molecule has 1 aromatic heterocycles. The molecule has 0 aliphatic carbocycles. The number of carbonyl (C=O) groups is 2. The first kappa shape index (κ1) is 24.8. The third-order valence-corrected chi connectivity index (χ3v) is 5.20. The summed E-state index contributed by atoms with van der Waals surface area (Å²) in [6.45, 7) is 10.4. The van der Waals surface area contributed by atoms with Crippen molar-refractivity contribution in [1.29, 1.82) is 0 Å². The number of ether oxygens (including phenoxy) is 2. The van der Waals surface area contributed by atoms with Gasteiger partial charge in [0.1, 0.15) is 22.7 Å². The SMILES string of the molecule is Cc1oc2ccc(OCC(C)C)cc2c1C(=O)NC1CCN(C(=O)OC(C)(C)C)CC1(F)F. The molecule has 2 amide bonds. The third-order valence-electron chi connectivity index (χ3n) is 5.20. The summed E-state index contributed by atoms with van der Waals surface area (Å²) in [6.07, 6.45) is -0.896. The Kier molecular flexibility index (Phi) is 6.91. The van der Waals surface area contributed by atoms with E-state index in [-0.39, 0.29) is 18.5 Å². The van der Waals surface area contributed by atoms with E-state index < -0.39 is 36.1 Å². The van der Waals surface area contributed by atoms with Crippen molar-refractivity contribution < 1.29 is 32.3 Å². The summed E-state index contributed by atoms with van der Waals surface area (Å²) < 4.78 is 46.3. The average molecular weight is 467 g/mol. The van der Waals surface area contributed by atoms with Crippen LogP contribution in [0.5, 0.6) is 5.75 Å². The Morgan fingerprint density at radius 3 is 2.61 bits per heavy atom. The van der Waals surface area contributed by atoms with E-state index >= 15 is 0 Å². The van der Waals surface area contributed by atoms with Gasteiger partial charge in [-0.1, -0.05) is 13.8 Å². The van der Waals surface area contributed by atoms with E-state index in [2.05, 4.69) is 5.32 Å². The Morgan fingerprint density at radius 1 is 1.30 bits per heavy atom. The number of fused-ring (bicyclic) bond motifs is 1. The smallest absolute Gasteiger partial charge is 0.410 e. The van der Waals surface area contributed by atoms with Gasteiger partial charge >= 0.3 is 6.09 Å². The van der Waals surface area contributed by atoms with Gasteiger partial charge in [0.15, 0.2) is 0 Å². The van der Waals surface area contributed by atoms with Crippen LogP contribution in [0.2, 0.25) is 0 Å². The monoisotopic (exact) mass is 466 g/mol. The van der Waals surface area contributed by atoms with Crippen molar-refractivity contribution in [2.24, 2.45) is 5.92 Å². The molecule has 1 saturated heterocycles. The van der Waals surface area contributed by atoms with Crippen molar-refractivity contribution in [3.05, 3.63) is 29.5 Å². The molecule has 1 N–H and O–H groups in total. The second-order valence-corrected chi connectivity index (χ2v) is 9.87. The van der Waals surface area contributed by atoms with Crippen LogP contribution in [0.25, 0.3) is 11.0 Å². The molecule has 0 radical (unpaired) electrons. The number of carbonyl (C=O) groups excluding carboxylic acids is 2. The van der Waals surface area contributed by atoms with E-state index in [0.29, 0.717) is 35.0 Å². The minimum absolute atomic E-state index is 0.0494. The number of aryl methyl sites for hydroxylation is 1. The lowest BCUT2D eigenvalue weighted by molar-refractivity contribution is -0.0889. The third kappa shape index (κ3) is 5.94. The zero-order valence-electron chi connectivity index (χ0n) is 20.0. The average Bonchev–Trinajstić information content (AvgIpc) is 3.01. The fraction of sp³-hybridized carbons (Fsp3) is 0.583. The van der Waals surface area contributed by atoms with Crippen molar-refractivity contribution in [3.8, 4) is 5.75 Å². The lowest BCUT2D eigenvalue weighted by atomic mass is 10.00. The number of piperidine rings is 1. The van der Waals surface area contributed by atoms with Crippen LogP contribution in [-0.4, -0.2) is 54.2 Å². The second-order valence-electron chi connectivity index (χ2n) is 9.87. The summed E-state index contributed by atoms with van der Waals surface area (Å²) in [5, 5.41) is 2.95. The highest BCUT2D eigenvalue weighted by Crippen LogP contribution is 2.32. The van der Waals surface area contributed by atoms with Gasteiger partial charge in [0.25, 0.3) is 11.8 Å². The standard InChI is InChI=1S/C24H32F2N2O5/c1-14(2)12-31-16-7-8-18-17(11-16)20(15(3)32-18)21(29)27-19-9-10-28(13-24(19,25)26)22(30)33-23(4,5)6/h7-8,11,14,19H,9-10,12-13H2,1-6H3,(H,27,29). The molecule has 1 unspecified atom stereocenters. The number of rotatable bonds is 5. The molecule has 1 aliphatic rings. The fourth-order valence-corrected chi connectivity index (χ4v) is 3.66. The topological polar surface area (TPSA) is 81.0 Å². The van der Waals surface area contributed by atoms with Gasteiger partial charge in [0.2, 0.25) is 0 Å². The summed E-state index contributed by atoms with van der Waals surface area (Å²) in [6, 6.07) is 3.71. The Balaban J connectivity index is 1.75. The van der Waals surface area contributed by atoms with E-state index in [9.17, 15) is 18.4 Å². The van der Waals surface area contributed by atoms with Crippen molar-refractivity contribution in [2.45, 2.75) is 65.5 Å². The molecule has 1 atom stereocenters. The van der Waals surface area contributed by atoms with Crippen molar-refractivity contribution in [3.63, 3.8) is 0 Å². The van der Waals surface area contributed by atoms with Gasteiger partial charge < -0.3 is 24.1 Å². The number of halogens is 2. The molecule has 182 valence electrons. The quantitative estimate of drug-likeness (QED) is 0.659. The van der Waals surface area contributed by atoms with Gasteiger partial charge in [0.05, 0.1) is 24.8 Å². The Bertz CT molecular complexity index is 1030. The Hall–Kier alpha value is -2.84. The zero-order valence-corrected chi connectivity index (χ0v) is 20.0. The number of hydrogen-bond acceptors (Lipinski definition) is 5. The van der Waals surface area contributed by atoms with Crippen LogP contribution in [0.15, 0.2) is 22.6 Å². The van der Waals surface area contributed by atoms with E-state index in [1.807, 2.05) is 13.8 Å². The summed E-state index contributed by atoms with van der Waals surface area (Å²) >= 11 is 0. The van der Waals surface area contributed by atoms with Crippen LogP contribution in [-0.2, 0) is 4.74 Å². The summed E-state index contributed by atoms with van der Waals surface area (Å²) in [4.78, 5) is 26.2. The number of likely N-dealkylation sites (tertiary alicyclic amines) is 1. The molecule has 3 rings (SSSR count). The lowest BCUT2D eigenvalue weighted by Gasteiger charge is -2.38. The number of furan rings is 1. The number of benzene rings is 1. The minimum atomic E-state index is -3.32. The summed E-state index contributed by atoms with van der Waals surface area (Å²) in [5.74, 6) is -2.74. The van der Waals surface area contributed by atoms with Crippen molar-refractivity contribution in [2.75, 3.05) is 19.7 Å². The van der Waals surface area contributed by atoms with Crippen molar-refractivity contribution in [1.82, 2.24) is 10.2 Å². The van der Waals surface area contributed by atoms with Gasteiger partial charge in [-0.25, -0.2) is 13.6 Å². The number of amides is 2. The molecule has 0 spiro atoms. The van der Waals surface area contributed by atoms with Crippen LogP contribution in [0, 0.1) is 12.8 Å². The molecule has 1 fully saturated rings. The van der Waals surface area contributed by atoms with E-state index in [1.165, 1.54) is 0 Å². The maximum Gasteiger partial charge on any atom is 0.410 e. The molecule has 7 nitrogen and oxygen atoms in total. The molecule has 2 aromatic rings. The largest absolute Gasteiger partial charge is 0.493 e. The highest BCUT2D eigenvalue weighted by Gasteiger charge is 2.47. The van der Waals surface area contributed by atoms with Gasteiger partial charge in [-0.15, -0.1) is 0 Å². The number of hydrogen-bond donors (Lipinski definition) is 1. The van der Waals surface area contributed by atoms with Crippen LogP contribution in [0.1, 0.15) is 57.2 Å². The van der Waals surface area contributed by atoms with E-state index in [0.717, 1.165) is 4.90 Å². The second kappa shape index (κ2) is 9.19. The van der Waals surface area contributed by atoms with Gasteiger partial charge in [-0.2, -0.15) is 0 Å². The van der Waals surface area contributed by atoms with Crippen LogP contribution in [0.3, 0.4) is 0 Å². The molecule has 0 bridgehead atoms. The molecular weight excluding hydrogens is 434 g/mol. The highest BCUT2D eigenvalue weighted by atomic mass is 19.3. The predicted octanol–water partition coefficient (Wildman–Crippen LogP) is 5.15. The van der Waals surface area contributed by atoms with Gasteiger partial charge in [0, 0.05) is 11.9 Å². The normalized spacial score (nSPS) is 18.5. The highest BCUT2D eigenvalue weighted by molar-refractivity contribution is 6.07. The zero-order chi connectivity index (χ0) is 24.6. The van der Waals surface area contributed by atoms with Crippen LogP contribution in [0.4, 0.5) is 13.6 Å². The number of nitrogens with zero attached hydrogens (tertiary/aromatic N) is 1. The number of alkyl halides is 2. The fourth-order valence-electron chi connectivity index (χ4n) is 3.66. The summed E-state index contributed by atoms with van der Waals surface area (Å²) in [5.41, 5.74) is -0.110. The first-order valence-electron chi connectivity index (χ1n) is 11.1. The molecular formula is C24H32F2N2O5. The molecule has 1 aliphatic heterocycles. The van der Waals surface area contributed by atoms with E-state index in [1.54, 1.807) is 45.9 Å². The summed E-state index contributed by atoms with van der Waals surface area (Å²) in [7, 11) is 0. The van der Waals surface area contributed by atoms with Crippen LogP contribution >= 0.6 is 0 Å². The minimum Gasteiger partial charge on any atom is -0.493 e. The predicted molar refractivity (Wildman–Crippen MR) is 120 cm³/mol. The number of nitrogens with one attached hydrogen (secondary N) is 1. The van der Waals surface area contributed by atoms with Crippen molar-refractivity contribution >= 4 is 23.0 Å². The maximum atomic E-state index is 14.9. The lowest BCUT2D eigenvalue weighted by Crippen LogP contribution is -2.59. The Labute approximate surface area is 192 Å². The molecule has 33 heavy (non-hydrogen) atoms. The first-order valence-corrected chi connectivity index (χ1v) is 11.1. The first-order chi connectivity index (χ1) is 15.3. The van der Waals surface area contributed by atoms with E-state index in [4.69, 9.17) is 13.9 Å².